The Hall–Kier alpha value is -2.53. The number of nitrogens with one attached hydrogen (secondary N) is 2. The van der Waals surface area contributed by atoms with Crippen molar-refractivity contribution in [2.45, 2.75) is 18.9 Å². The number of phenolic OH excluding ortho intramolecular Hbond substituents is 1. The highest BCUT2D eigenvalue weighted by atomic mass is 35.5. The number of benzene rings is 2. The zero-order valence-electron chi connectivity index (χ0n) is 12.2. The number of anilines is 1. The number of aromatic hydroxyl groups is 1. The van der Waals surface area contributed by atoms with Crippen LogP contribution in [0.2, 0.25) is 5.02 Å². The van der Waals surface area contributed by atoms with E-state index in [9.17, 15) is 14.7 Å². The molecule has 0 saturated heterocycles. The molecule has 2 aromatic carbocycles. The Morgan fingerprint density at radius 2 is 1.87 bits per heavy atom. The number of carbonyl (C=O) groups excluding carboxylic acids is 2. The zero-order chi connectivity index (χ0) is 16.4. The fourth-order valence-electron chi connectivity index (χ4n) is 2.12. The molecular formula is C17H15ClN2O3. The summed E-state index contributed by atoms with van der Waals surface area (Å²) in [5.41, 5.74) is 1.02. The molecule has 3 N–H and O–H groups in total. The average molecular weight is 331 g/mol. The smallest absolute Gasteiger partial charge is 0.259 e. The number of hydrogen-bond donors (Lipinski definition) is 3. The van der Waals surface area contributed by atoms with Crippen LogP contribution in [0.4, 0.5) is 5.69 Å². The first-order valence-electron chi connectivity index (χ1n) is 7.24. The lowest BCUT2D eigenvalue weighted by molar-refractivity contribution is 0.0949. The molecule has 2 aromatic rings. The van der Waals surface area contributed by atoms with Crippen molar-refractivity contribution in [3.63, 3.8) is 0 Å². The van der Waals surface area contributed by atoms with Crippen molar-refractivity contribution in [2.24, 2.45) is 0 Å². The molecular weight excluding hydrogens is 316 g/mol. The van der Waals surface area contributed by atoms with Gasteiger partial charge in [0.2, 0.25) is 0 Å². The van der Waals surface area contributed by atoms with E-state index in [0.29, 0.717) is 16.3 Å². The summed E-state index contributed by atoms with van der Waals surface area (Å²) in [6, 6.07) is 11.1. The quantitative estimate of drug-likeness (QED) is 0.805. The van der Waals surface area contributed by atoms with Crippen molar-refractivity contribution < 1.29 is 14.7 Å². The average Bonchev–Trinajstić information content (AvgIpc) is 3.34. The monoisotopic (exact) mass is 330 g/mol. The van der Waals surface area contributed by atoms with Crippen LogP contribution in [0.5, 0.6) is 5.75 Å². The van der Waals surface area contributed by atoms with Gasteiger partial charge in [0.25, 0.3) is 11.8 Å². The van der Waals surface area contributed by atoms with Crippen LogP contribution in [0, 0.1) is 0 Å². The summed E-state index contributed by atoms with van der Waals surface area (Å²) in [6.07, 6.45) is 2.02. The molecule has 1 fully saturated rings. The fraction of sp³-hybridized carbons (Fsp3) is 0.176. The molecule has 118 valence electrons. The summed E-state index contributed by atoms with van der Waals surface area (Å²) in [4.78, 5) is 24.2. The highest BCUT2D eigenvalue weighted by molar-refractivity contribution is 6.31. The second-order valence-electron chi connectivity index (χ2n) is 5.44. The molecule has 0 spiro atoms. The van der Waals surface area contributed by atoms with Gasteiger partial charge in [-0.25, -0.2) is 0 Å². The topological polar surface area (TPSA) is 78.4 Å². The van der Waals surface area contributed by atoms with Gasteiger partial charge in [-0.15, -0.1) is 0 Å². The van der Waals surface area contributed by atoms with E-state index in [1.807, 2.05) is 0 Å². The predicted octanol–water partition coefficient (Wildman–Crippen LogP) is 3.19. The molecule has 5 nitrogen and oxygen atoms in total. The molecule has 6 heteroatoms. The molecule has 0 aromatic heterocycles. The SMILES string of the molecule is O=C(NC1CC1)c1cccc(NC(=O)c2cc(Cl)ccc2O)c1. The fourth-order valence-corrected chi connectivity index (χ4v) is 2.30. The van der Waals surface area contributed by atoms with Gasteiger partial charge in [-0.3, -0.25) is 9.59 Å². The van der Waals surface area contributed by atoms with Gasteiger partial charge in [0.05, 0.1) is 5.56 Å². The first kappa shape index (κ1) is 15.4. The first-order valence-corrected chi connectivity index (χ1v) is 7.61. The van der Waals surface area contributed by atoms with Crippen LogP contribution < -0.4 is 10.6 Å². The Morgan fingerprint density at radius 3 is 2.61 bits per heavy atom. The summed E-state index contributed by atoms with van der Waals surface area (Å²) in [6.45, 7) is 0. The van der Waals surface area contributed by atoms with Crippen LogP contribution in [-0.4, -0.2) is 23.0 Å². The van der Waals surface area contributed by atoms with E-state index >= 15 is 0 Å². The normalized spacial score (nSPS) is 13.4. The molecule has 2 amide bonds. The molecule has 0 bridgehead atoms. The van der Waals surface area contributed by atoms with Crippen LogP contribution in [-0.2, 0) is 0 Å². The molecule has 23 heavy (non-hydrogen) atoms. The summed E-state index contributed by atoms with van der Waals surface area (Å²) in [5, 5.41) is 15.6. The number of hydrogen-bond acceptors (Lipinski definition) is 3. The van der Waals surface area contributed by atoms with E-state index in [4.69, 9.17) is 11.6 Å². The summed E-state index contributed by atoms with van der Waals surface area (Å²) in [7, 11) is 0. The van der Waals surface area contributed by atoms with E-state index in [2.05, 4.69) is 10.6 Å². The molecule has 3 rings (SSSR count). The number of carbonyl (C=O) groups is 2. The minimum absolute atomic E-state index is 0.0744. The maximum absolute atomic E-state index is 12.2. The lowest BCUT2D eigenvalue weighted by Gasteiger charge is -2.09. The molecule has 0 unspecified atom stereocenters. The highest BCUT2D eigenvalue weighted by Gasteiger charge is 2.23. The maximum Gasteiger partial charge on any atom is 0.259 e. The third-order valence-electron chi connectivity index (χ3n) is 3.50. The third-order valence-corrected chi connectivity index (χ3v) is 3.73. The Labute approximate surface area is 138 Å². The third kappa shape index (κ3) is 3.81. The van der Waals surface area contributed by atoms with Crippen LogP contribution in [0.1, 0.15) is 33.6 Å². The molecule has 1 saturated carbocycles. The minimum atomic E-state index is -0.496. The van der Waals surface area contributed by atoms with Crippen LogP contribution in [0.15, 0.2) is 42.5 Å². The van der Waals surface area contributed by atoms with Gasteiger partial charge in [0.15, 0.2) is 0 Å². The standard InChI is InChI=1S/C17H15ClN2O3/c18-11-4-7-15(21)14(9-11)17(23)20-13-3-1-2-10(8-13)16(22)19-12-5-6-12/h1-4,7-9,12,21H,5-6H2,(H,19,22)(H,20,23). The molecule has 1 aliphatic carbocycles. The number of halogens is 1. The van der Waals surface area contributed by atoms with Crippen LogP contribution >= 0.6 is 11.6 Å². The minimum Gasteiger partial charge on any atom is -0.507 e. The molecule has 0 atom stereocenters. The van der Waals surface area contributed by atoms with Crippen molar-refractivity contribution >= 4 is 29.1 Å². The molecule has 1 aliphatic rings. The van der Waals surface area contributed by atoms with E-state index in [0.717, 1.165) is 12.8 Å². The Morgan fingerprint density at radius 1 is 1.09 bits per heavy atom. The Balaban J connectivity index is 1.75. The van der Waals surface area contributed by atoms with Crippen molar-refractivity contribution in [3.05, 3.63) is 58.6 Å². The van der Waals surface area contributed by atoms with Gasteiger partial charge in [-0.05, 0) is 49.2 Å². The van der Waals surface area contributed by atoms with E-state index in [-0.39, 0.29) is 23.3 Å². The highest BCUT2D eigenvalue weighted by Crippen LogP contribution is 2.23. The number of phenols is 1. The van der Waals surface area contributed by atoms with Crippen molar-refractivity contribution in [3.8, 4) is 5.75 Å². The van der Waals surface area contributed by atoms with Gasteiger partial charge >= 0.3 is 0 Å². The van der Waals surface area contributed by atoms with Crippen molar-refractivity contribution in [2.75, 3.05) is 5.32 Å². The second-order valence-corrected chi connectivity index (χ2v) is 5.88. The van der Waals surface area contributed by atoms with Gasteiger partial charge < -0.3 is 15.7 Å². The van der Waals surface area contributed by atoms with E-state index in [1.165, 1.54) is 18.2 Å². The van der Waals surface area contributed by atoms with E-state index < -0.39 is 5.91 Å². The molecule has 0 aliphatic heterocycles. The van der Waals surface area contributed by atoms with Crippen molar-refractivity contribution in [1.82, 2.24) is 5.32 Å². The summed E-state index contributed by atoms with van der Waals surface area (Å²) >= 11 is 5.84. The summed E-state index contributed by atoms with van der Waals surface area (Å²) < 4.78 is 0. The van der Waals surface area contributed by atoms with E-state index in [1.54, 1.807) is 24.3 Å². The lowest BCUT2D eigenvalue weighted by atomic mass is 10.1. The zero-order valence-corrected chi connectivity index (χ0v) is 12.9. The van der Waals surface area contributed by atoms with Crippen LogP contribution in [0.25, 0.3) is 0 Å². The largest absolute Gasteiger partial charge is 0.507 e. The van der Waals surface area contributed by atoms with Crippen LogP contribution in [0.3, 0.4) is 0 Å². The molecule has 0 radical (unpaired) electrons. The first-order chi connectivity index (χ1) is 11.0. The maximum atomic E-state index is 12.2. The van der Waals surface area contributed by atoms with Gasteiger partial charge in [-0.1, -0.05) is 17.7 Å². The molecule has 0 heterocycles. The van der Waals surface area contributed by atoms with Gasteiger partial charge in [0.1, 0.15) is 5.75 Å². The van der Waals surface area contributed by atoms with Crippen molar-refractivity contribution in [1.29, 1.82) is 0 Å². The second kappa shape index (κ2) is 6.30. The summed E-state index contributed by atoms with van der Waals surface area (Å²) in [5.74, 6) is -0.812. The predicted molar refractivity (Wildman–Crippen MR) is 88.0 cm³/mol. The van der Waals surface area contributed by atoms with Gasteiger partial charge in [0, 0.05) is 22.3 Å². The Bertz CT molecular complexity index is 772. The Kier molecular flexibility index (Phi) is 4.21. The number of rotatable bonds is 4. The number of amides is 2. The van der Waals surface area contributed by atoms with Gasteiger partial charge in [-0.2, -0.15) is 0 Å². The lowest BCUT2D eigenvalue weighted by Crippen LogP contribution is -2.25.